The van der Waals surface area contributed by atoms with Gasteiger partial charge in [-0.1, -0.05) is 59.7 Å². The third-order valence-electron chi connectivity index (χ3n) is 7.02. The van der Waals surface area contributed by atoms with Crippen molar-refractivity contribution in [1.82, 2.24) is 20.7 Å². The molecule has 12 nitrogen and oxygen atoms in total. The average molecular weight is 690 g/mol. The molecule has 0 spiro atoms. The number of aliphatic hydroxyl groups excluding tert-OH is 1. The first-order valence-corrected chi connectivity index (χ1v) is 17.1. The van der Waals surface area contributed by atoms with Crippen molar-refractivity contribution in [2.24, 2.45) is 0 Å². The molecule has 3 aromatic carbocycles. The molecule has 0 radical (unpaired) electrons. The first-order chi connectivity index (χ1) is 23.0. The van der Waals surface area contributed by atoms with Crippen LogP contribution in [-0.2, 0) is 31.0 Å². The lowest BCUT2D eigenvalue weighted by Gasteiger charge is -2.24. The molecule has 0 bridgehead atoms. The first-order valence-electron chi connectivity index (χ1n) is 15.6. The van der Waals surface area contributed by atoms with Gasteiger partial charge in [0.1, 0.15) is 29.5 Å². The minimum atomic E-state index is -4.22. The van der Waals surface area contributed by atoms with E-state index in [0.717, 1.165) is 16.7 Å². The fourth-order valence-electron chi connectivity index (χ4n) is 4.42. The number of benzene rings is 3. The van der Waals surface area contributed by atoms with Gasteiger partial charge in [-0.3, -0.25) is 9.59 Å². The summed E-state index contributed by atoms with van der Waals surface area (Å²) in [7, 11) is -4.22. The highest BCUT2D eigenvalue weighted by molar-refractivity contribution is 7.89. The van der Waals surface area contributed by atoms with E-state index >= 15 is 0 Å². The van der Waals surface area contributed by atoms with E-state index in [2.05, 4.69) is 20.7 Å². The first kappa shape index (κ1) is 38.6. The summed E-state index contributed by atoms with van der Waals surface area (Å²) in [5.74, 6) is -2.34. The maximum atomic E-state index is 13.5. The Labute approximate surface area is 287 Å². The minimum absolute atomic E-state index is 0.0669. The van der Waals surface area contributed by atoms with Crippen LogP contribution in [0, 0.1) is 25.2 Å². The average Bonchev–Trinajstić information content (AvgIpc) is 3.02. The lowest BCUT2D eigenvalue weighted by Crippen LogP contribution is -2.58. The summed E-state index contributed by atoms with van der Waals surface area (Å²) in [4.78, 5) is 39.4. The van der Waals surface area contributed by atoms with Crippen LogP contribution < -0.4 is 25.4 Å². The Morgan fingerprint density at radius 2 is 1.59 bits per heavy atom. The number of sulfonamides is 1. The standard InChI is InChI=1S/C36H43N5O7S/c1-23-10-14-26(15-11-23)21-38-22-31(39-34(44)32(25(3)42)41-49(46,47)30-16-12-24(2)13-17-30)35(45)48-29-9-7-8-27(19-29)18-28(20-37)33(43)40-36(4,5)6/h7-19,25,31-32,38,41-42H,21-22H2,1-6H3,(H,39,44)(H,40,43)/t25-,31+,32+/m1/s1. The molecular weight excluding hydrogens is 646 g/mol. The van der Waals surface area contributed by atoms with Crippen molar-refractivity contribution in [1.29, 1.82) is 5.26 Å². The number of nitrogens with one attached hydrogen (secondary N) is 4. The maximum absolute atomic E-state index is 13.5. The van der Waals surface area contributed by atoms with E-state index in [1.807, 2.05) is 37.3 Å². The number of aryl methyl sites for hydroxylation is 2. The maximum Gasteiger partial charge on any atom is 0.335 e. The zero-order valence-corrected chi connectivity index (χ0v) is 29.2. The number of rotatable bonds is 14. The summed E-state index contributed by atoms with van der Waals surface area (Å²) >= 11 is 0. The molecule has 260 valence electrons. The van der Waals surface area contributed by atoms with Crippen LogP contribution in [0.3, 0.4) is 0 Å². The fraction of sp³-hybridized carbons (Fsp3) is 0.333. The number of nitriles is 1. The number of carbonyl (C=O) groups excluding carboxylic acids is 3. The summed E-state index contributed by atoms with van der Waals surface area (Å²) in [6.07, 6.45) is -0.112. The largest absolute Gasteiger partial charge is 0.425 e. The van der Waals surface area contributed by atoms with Crippen molar-refractivity contribution in [3.05, 3.63) is 101 Å². The van der Waals surface area contributed by atoms with Gasteiger partial charge in [0.25, 0.3) is 5.91 Å². The highest BCUT2D eigenvalue weighted by atomic mass is 32.2. The van der Waals surface area contributed by atoms with Gasteiger partial charge in [0.05, 0.1) is 11.0 Å². The third kappa shape index (κ3) is 12.3. The van der Waals surface area contributed by atoms with Crippen LogP contribution in [0.4, 0.5) is 0 Å². The Hall–Kier alpha value is -4.87. The Balaban J connectivity index is 1.83. The lowest BCUT2D eigenvalue weighted by molar-refractivity contribution is -0.140. The number of esters is 1. The van der Waals surface area contributed by atoms with Crippen LogP contribution in [0.2, 0.25) is 0 Å². The van der Waals surface area contributed by atoms with Gasteiger partial charge in [-0.2, -0.15) is 9.98 Å². The molecule has 0 saturated heterocycles. The summed E-state index contributed by atoms with van der Waals surface area (Å²) in [6.45, 7) is 10.6. The zero-order chi connectivity index (χ0) is 36.4. The van der Waals surface area contributed by atoms with E-state index in [0.29, 0.717) is 12.1 Å². The van der Waals surface area contributed by atoms with Gasteiger partial charge in [-0.25, -0.2) is 13.2 Å². The molecule has 13 heteroatoms. The molecule has 3 atom stereocenters. The number of carbonyl (C=O) groups is 3. The topological polar surface area (TPSA) is 187 Å². The van der Waals surface area contributed by atoms with Crippen LogP contribution in [0.1, 0.15) is 49.9 Å². The van der Waals surface area contributed by atoms with Crippen molar-refractivity contribution in [2.75, 3.05) is 6.54 Å². The molecule has 0 unspecified atom stereocenters. The molecule has 0 fully saturated rings. The highest BCUT2D eigenvalue weighted by Gasteiger charge is 2.33. The number of amides is 2. The number of hydrogen-bond acceptors (Lipinski definition) is 9. The van der Waals surface area contributed by atoms with E-state index < -0.39 is 51.5 Å². The minimum Gasteiger partial charge on any atom is -0.425 e. The number of aliphatic hydroxyl groups is 1. The van der Waals surface area contributed by atoms with Crippen molar-refractivity contribution < 1.29 is 32.6 Å². The molecule has 0 aliphatic rings. The highest BCUT2D eigenvalue weighted by Crippen LogP contribution is 2.18. The van der Waals surface area contributed by atoms with Crippen molar-refractivity contribution in [3.63, 3.8) is 0 Å². The Morgan fingerprint density at radius 3 is 2.16 bits per heavy atom. The quantitative estimate of drug-likeness (QED) is 0.0734. The predicted molar refractivity (Wildman–Crippen MR) is 185 cm³/mol. The molecule has 49 heavy (non-hydrogen) atoms. The second-order valence-corrected chi connectivity index (χ2v) is 14.4. The molecule has 0 aliphatic heterocycles. The molecule has 0 heterocycles. The van der Waals surface area contributed by atoms with Crippen LogP contribution in [0.15, 0.2) is 83.3 Å². The van der Waals surface area contributed by atoms with Crippen LogP contribution >= 0.6 is 0 Å². The molecule has 0 aliphatic carbocycles. The SMILES string of the molecule is Cc1ccc(CNC[C@H](NC(=O)[C@@H](NS(=O)(=O)c2ccc(C)cc2)[C@@H](C)O)C(=O)Oc2cccc(C=C(C#N)C(=O)NC(C)(C)C)c2)cc1. The van der Waals surface area contributed by atoms with Crippen LogP contribution in [0.25, 0.3) is 6.08 Å². The van der Waals surface area contributed by atoms with Gasteiger partial charge in [0.15, 0.2) is 0 Å². The zero-order valence-electron chi connectivity index (χ0n) is 28.4. The van der Waals surface area contributed by atoms with Gasteiger partial charge >= 0.3 is 5.97 Å². The van der Waals surface area contributed by atoms with Crippen molar-refractivity contribution in [2.45, 2.75) is 76.7 Å². The second kappa shape index (κ2) is 17.0. The van der Waals surface area contributed by atoms with E-state index in [9.17, 15) is 33.2 Å². The normalized spacial score (nSPS) is 13.8. The lowest BCUT2D eigenvalue weighted by atomic mass is 10.1. The van der Waals surface area contributed by atoms with Gasteiger partial charge in [-0.05, 0) is 83.0 Å². The van der Waals surface area contributed by atoms with Gasteiger partial charge in [-0.15, -0.1) is 0 Å². The Bertz CT molecular complexity index is 1810. The summed E-state index contributed by atoms with van der Waals surface area (Å²) in [6, 6.07) is 18.7. The third-order valence-corrected chi connectivity index (χ3v) is 8.48. The molecular formula is C36H43N5O7S. The molecule has 3 aromatic rings. The van der Waals surface area contributed by atoms with E-state index in [1.54, 1.807) is 52.0 Å². The van der Waals surface area contributed by atoms with Gasteiger partial charge in [0.2, 0.25) is 15.9 Å². The molecule has 3 rings (SSSR count). The number of nitrogens with zero attached hydrogens (tertiary/aromatic N) is 1. The molecule has 0 saturated carbocycles. The fourth-order valence-corrected chi connectivity index (χ4v) is 5.69. The monoisotopic (exact) mass is 689 g/mol. The number of ether oxygens (including phenoxy) is 1. The summed E-state index contributed by atoms with van der Waals surface area (Å²) < 4.78 is 34.0. The second-order valence-electron chi connectivity index (χ2n) is 12.7. The van der Waals surface area contributed by atoms with Crippen LogP contribution in [0.5, 0.6) is 5.75 Å². The predicted octanol–water partition coefficient (Wildman–Crippen LogP) is 3.03. The Kier molecular flexibility index (Phi) is 13.4. The number of hydrogen-bond donors (Lipinski definition) is 5. The molecule has 2 amide bonds. The molecule has 0 aromatic heterocycles. The van der Waals surface area contributed by atoms with Gasteiger partial charge < -0.3 is 25.8 Å². The van der Waals surface area contributed by atoms with E-state index in [1.165, 1.54) is 37.3 Å². The smallest absolute Gasteiger partial charge is 0.335 e. The van der Waals surface area contributed by atoms with E-state index in [4.69, 9.17) is 4.74 Å². The summed E-state index contributed by atoms with van der Waals surface area (Å²) in [5, 5.41) is 28.3. The van der Waals surface area contributed by atoms with Gasteiger partial charge in [0, 0.05) is 18.6 Å². The van der Waals surface area contributed by atoms with Crippen molar-refractivity contribution in [3.8, 4) is 11.8 Å². The Morgan fingerprint density at radius 1 is 0.980 bits per heavy atom. The molecule has 5 N–H and O–H groups in total. The summed E-state index contributed by atoms with van der Waals surface area (Å²) in [5.41, 5.74) is 2.51. The van der Waals surface area contributed by atoms with E-state index in [-0.39, 0.29) is 22.8 Å². The van der Waals surface area contributed by atoms with Crippen molar-refractivity contribution >= 4 is 33.9 Å². The van der Waals surface area contributed by atoms with Crippen LogP contribution in [-0.4, -0.2) is 61.6 Å².